The normalized spacial score (nSPS) is 12.2. The van der Waals surface area contributed by atoms with Crippen LogP contribution in [0.25, 0.3) is 11.0 Å². The first-order chi connectivity index (χ1) is 8.02. The van der Waals surface area contributed by atoms with Crippen molar-refractivity contribution in [3.05, 3.63) is 35.6 Å². The number of halogens is 3. The van der Waals surface area contributed by atoms with Gasteiger partial charge in [0.2, 0.25) is 0 Å². The number of alkyl halides is 3. The second-order valence-electron chi connectivity index (χ2n) is 3.82. The molecular weight excluding hydrogens is 231 g/mol. The van der Waals surface area contributed by atoms with Crippen LogP contribution in [0.15, 0.2) is 28.9 Å². The molecule has 0 amide bonds. The van der Waals surface area contributed by atoms with Gasteiger partial charge in [0.05, 0.1) is 11.8 Å². The van der Waals surface area contributed by atoms with Gasteiger partial charge >= 0.3 is 6.18 Å². The number of hydrogen-bond acceptors (Lipinski definition) is 2. The number of likely N-dealkylation sites (N-methyl/N-ethyl adjacent to an activating group) is 1. The zero-order valence-electron chi connectivity index (χ0n) is 9.27. The summed E-state index contributed by atoms with van der Waals surface area (Å²) in [6.07, 6.45) is -2.15. The predicted octanol–water partition coefficient (Wildman–Crippen LogP) is 3.21. The Morgan fingerprint density at radius 3 is 2.71 bits per heavy atom. The highest BCUT2D eigenvalue weighted by atomic mass is 19.4. The Morgan fingerprint density at radius 1 is 1.29 bits per heavy atom. The molecule has 0 radical (unpaired) electrons. The first-order valence-electron chi connectivity index (χ1n) is 5.24. The lowest BCUT2D eigenvalue weighted by molar-refractivity contribution is -0.137. The van der Waals surface area contributed by atoms with Gasteiger partial charge < -0.3 is 9.73 Å². The highest BCUT2D eigenvalue weighted by Crippen LogP contribution is 2.33. The maximum atomic E-state index is 12.6. The summed E-state index contributed by atoms with van der Waals surface area (Å²) in [7, 11) is 1.80. The van der Waals surface area contributed by atoms with Crippen molar-refractivity contribution in [3.8, 4) is 0 Å². The smallest absolute Gasteiger partial charge is 0.416 e. The third-order valence-electron chi connectivity index (χ3n) is 2.63. The average Bonchev–Trinajstić information content (AvgIpc) is 2.67. The van der Waals surface area contributed by atoms with Crippen LogP contribution >= 0.6 is 0 Å². The van der Waals surface area contributed by atoms with Crippen molar-refractivity contribution in [2.45, 2.75) is 12.6 Å². The van der Waals surface area contributed by atoms with Gasteiger partial charge in [-0.05, 0) is 43.8 Å². The summed E-state index contributed by atoms with van der Waals surface area (Å²) in [4.78, 5) is 0. The molecular formula is C12H12F3NO. The summed E-state index contributed by atoms with van der Waals surface area (Å²) in [5.74, 6) is 0. The molecule has 0 aliphatic rings. The molecule has 2 aromatic rings. The van der Waals surface area contributed by atoms with Crippen LogP contribution in [-0.2, 0) is 12.6 Å². The second-order valence-corrected chi connectivity index (χ2v) is 3.82. The monoisotopic (exact) mass is 243 g/mol. The maximum absolute atomic E-state index is 12.6. The third-order valence-corrected chi connectivity index (χ3v) is 2.63. The zero-order valence-corrected chi connectivity index (χ0v) is 9.27. The highest BCUT2D eigenvalue weighted by Gasteiger charge is 2.30. The molecule has 1 aromatic heterocycles. The highest BCUT2D eigenvalue weighted by molar-refractivity contribution is 5.81. The number of rotatable bonds is 3. The molecule has 0 aliphatic carbocycles. The van der Waals surface area contributed by atoms with Crippen LogP contribution in [0.1, 0.15) is 11.1 Å². The van der Waals surface area contributed by atoms with Crippen molar-refractivity contribution >= 4 is 11.0 Å². The quantitative estimate of drug-likeness (QED) is 0.895. The van der Waals surface area contributed by atoms with Gasteiger partial charge in [0, 0.05) is 5.39 Å². The molecule has 92 valence electrons. The summed E-state index contributed by atoms with van der Waals surface area (Å²) in [6, 6.07) is 3.54. The molecule has 2 nitrogen and oxygen atoms in total. The van der Waals surface area contributed by atoms with Crippen molar-refractivity contribution in [1.82, 2.24) is 5.32 Å². The van der Waals surface area contributed by atoms with Crippen LogP contribution in [0.3, 0.4) is 0 Å². The lowest BCUT2D eigenvalue weighted by Gasteiger charge is -2.06. The minimum Gasteiger partial charge on any atom is -0.464 e. The van der Waals surface area contributed by atoms with E-state index in [0.717, 1.165) is 17.7 Å². The molecule has 0 saturated heterocycles. The van der Waals surface area contributed by atoms with E-state index in [1.54, 1.807) is 7.05 Å². The Hall–Kier alpha value is -1.49. The van der Waals surface area contributed by atoms with E-state index in [4.69, 9.17) is 4.42 Å². The molecule has 0 unspecified atom stereocenters. The van der Waals surface area contributed by atoms with E-state index in [2.05, 4.69) is 5.32 Å². The predicted molar refractivity (Wildman–Crippen MR) is 58.8 cm³/mol. The van der Waals surface area contributed by atoms with E-state index in [9.17, 15) is 13.2 Å². The topological polar surface area (TPSA) is 25.2 Å². The van der Waals surface area contributed by atoms with E-state index < -0.39 is 11.7 Å². The molecule has 0 bridgehead atoms. The van der Waals surface area contributed by atoms with Crippen LogP contribution in [0, 0.1) is 0 Å². The number of fused-ring (bicyclic) bond motifs is 1. The largest absolute Gasteiger partial charge is 0.464 e. The molecule has 17 heavy (non-hydrogen) atoms. The standard InChI is InChI=1S/C12H12F3NO/c1-16-5-4-8-7-17-11-3-2-9(6-10(8)11)12(13,14)15/h2-3,6-7,16H,4-5H2,1H3. The molecule has 0 atom stereocenters. The lowest BCUT2D eigenvalue weighted by Crippen LogP contribution is -2.10. The minimum absolute atomic E-state index is 0.490. The molecule has 1 aromatic carbocycles. The number of furan rings is 1. The van der Waals surface area contributed by atoms with Gasteiger partial charge in [0.15, 0.2) is 0 Å². The van der Waals surface area contributed by atoms with Gasteiger partial charge in [-0.15, -0.1) is 0 Å². The Labute approximate surface area is 96.4 Å². The van der Waals surface area contributed by atoms with Crippen molar-refractivity contribution in [1.29, 1.82) is 0 Å². The van der Waals surface area contributed by atoms with Gasteiger partial charge in [0.25, 0.3) is 0 Å². The SMILES string of the molecule is CNCCc1coc2ccc(C(F)(F)F)cc12. The summed E-state index contributed by atoms with van der Waals surface area (Å²) in [6.45, 7) is 0.699. The molecule has 0 aliphatic heterocycles. The van der Waals surface area contributed by atoms with Crippen molar-refractivity contribution in [2.75, 3.05) is 13.6 Å². The fourth-order valence-corrected chi connectivity index (χ4v) is 1.71. The van der Waals surface area contributed by atoms with Crippen LogP contribution in [-0.4, -0.2) is 13.6 Å². The van der Waals surface area contributed by atoms with Crippen LogP contribution in [0.2, 0.25) is 0 Å². The first kappa shape index (κ1) is 12.0. The molecule has 2 rings (SSSR count). The van der Waals surface area contributed by atoms with Gasteiger partial charge in [0.1, 0.15) is 5.58 Å². The Morgan fingerprint density at radius 2 is 2.06 bits per heavy atom. The number of hydrogen-bond donors (Lipinski definition) is 1. The van der Waals surface area contributed by atoms with E-state index in [1.807, 2.05) is 0 Å². The van der Waals surface area contributed by atoms with Gasteiger partial charge in [-0.1, -0.05) is 0 Å². The van der Waals surface area contributed by atoms with Crippen molar-refractivity contribution in [3.63, 3.8) is 0 Å². The molecule has 5 heteroatoms. The number of benzene rings is 1. The van der Waals surface area contributed by atoms with Crippen LogP contribution in [0.4, 0.5) is 13.2 Å². The molecule has 1 heterocycles. The van der Waals surface area contributed by atoms with Crippen LogP contribution in [0.5, 0.6) is 0 Å². The van der Waals surface area contributed by atoms with E-state index in [1.165, 1.54) is 12.3 Å². The molecule has 0 spiro atoms. The molecule has 0 fully saturated rings. The summed E-state index contributed by atoms with van der Waals surface area (Å²) in [5.41, 5.74) is 0.640. The van der Waals surface area contributed by atoms with E-state index in [-0.39, 0.29) is 0 Å². The fraction of sp³-hybridized carbons (Fsp3) is 0.333. The average molecular weight is 243 g/mol. The molecule has 0 saturated carbocycles. The number of nitrogens with one attached hydrogen (secondary N) is 1. The Balaban J connectivity index is 2.43. The van der Waals surface area contributed by atoms with Gasteiger partial charge in [-0.3, -0.25) is 0 Å². The lowest BCUT2D eigenvalue weighted by atomic mass is 10.1. The first-order valence-corrected chi connectivity index (χ1v) is 5.24. The van der Waals surface area contributed by atoms with E-state index in [0.29, 0.717) is 23.9 Å². The zero-order chi connectivity index (χ0) is 12.5. The second kappa shape index (κ2) is 4.41. The molecule has 1 N–H and O–H groups in total. The van der Waals surface area contributed by atoms with Crippen LogP contribution < -0.4 is 5.32 Å². The van der Waals surface area contributed by atoms with Crippen molar-refractivity contribution < 1.29 is 17.6 Å². The summed E-state index contributed by atoms with van der Waals surface area (Å²) < 4.78 is 42.9. The van der Waals surface area contributed by atoms with E-state index >= 15 is 0 Å². The fourth-order valence-electron chi connectivity index (χ4n) is 1.71. The summed E-state index contributed by atoms with van der Waals surface area (Å²) in [5, 5.41) is 3.49. The van der Waals surface area contributed by atoms with Gasteiger partial charge in [-0.25, -0.2) is 0 Å². The minimum atomic E-state index is -4.31. The summed E-state index contributed by atoms with van der Waals surface area (Å²) >= 11 is 0. The third kappa shape index (κ3) is 2.44. The Bertz CT molecular complexity index is 516. The van der Waals surface area contributed by atoms with Gasteiger partial charge in [-0.2, -0.15) is 13.2 Å². The van der Waals surface area contributed by atoms with Crippen molar-refractivity contribution in [2.24, 2.45) is 0 Å². The Kier molecular flexibility index (Phi) is 3.11. The maximum Gasteiger partial charge on any atom is 0.416 e.